The highest BCUT2D eigenvalue weighted by molar-refractivity contribution is 7.17. The summed E-state index contributed by atoms with van der Waals surface area (Å²) in [5, 5.41) is 20.4. The molecule has 19 heavy (non-hydrogen) atoms. The van der Waals surface area contributed by atoms with Gasteiger partial charge in [-0.05, 0) is 12.5 Å². The number of aromatic carboxylic acids is 1. The Balaban J connectivity index is 2.60. The van der Waals surface area contributed by atoms with E-state index in [-0.39, 0.29) is 10.6 Å². The number of hydrogen-bond acceptors (Lipinski definition) is 5. The average Bonchev–Trinajstić information content (AvgIpc) is 2.82. The van der Waals surface area contributed by atoms with Crippen molar-refractivity contribution in [3.8, 4) is 10.6 Å². The van der Waals surface area contributed by atoms with E-state index >= 15 is 0 Å². The highest BCUT2D eigenvalue weighted by atomic mass is 32.1. The second-order valence-electron chi connectivity index (χ2n) is 3.73. The topological polar surface area (TPSA) is 93.3 Å². The van der Waals surface area contributed by atoms with Crippen LogP contribution in [-0.2, 0) is 6.42 Å². The standard InChI is InChI=1S/C12H10N2O4S/c1-2-8-10(12(15)16)19-11(13-8)7-5-3-4-6-9(7)14(17)18/h3-6H,2H2,1H3,(H,15,16). The average molecular weight is 278 g/mol. The molecule has 6 nitrogen and oxygen atoms in total. The number of thiazole rings is 1. The van der Waals surface area contributed by atoms with Gasteiger partial charge in [0.1, 0.15) is 9.88 Å². The fourth-order valence-corrected chi connectivity index (χ4v) is 2.71. The first-order chi connectivity index (χ1) is 9.04. The first-order valence-corrected chi connectivity index (χ1v) is 6.33. The molecule has 0 unspecified atom stereocenters. The van der Waals surface area contributed by atoms with E-state index in [2.05, 4.69) is 4.98 Å². The third kappa shape index (κ3) is 2.45. The molecule has 0 saturated heterocycles. The number of carboxylic acid groups (broad SMARTS) is 1. The zero-order valence-corrected chi connectivity index (χ0v) is 10.8. The van der Waals surface area contributed by atoms with Crippen molar-refractivity contribution in [3.05, 3.63) is 45.0 Å². The van der Waals surface area contributed by atoms with Gasteiger partial charge in [-0.25, -0.2) is 9.78 Å². The minimum absolute atomic E-state index is 0.0733. The van der Waals surface area contributed by atoms with Crippen LogP contribution in [0.5, 0.6) is 0 Å². The van der Waals surface area contributed by atoms with Crippen LogP contribution in [0.3, 0.4) is 0 Å². The maximum Gasteiger partial charge on any atom is 0.347 e. The second-order valence-corrected chi connectivity index (χ2v) is 4.73. The number of nitro groups is 1. The van der Waals surface area contributed by atoms with Gasteiger partial charge >= 0.3 is 5.97 Å². The molecular weight excluding hydrogens is 268 g/mol. The van der Waals surface area contributed by atoms with Crippen molar-refractivity contribution in [2.75, 3.05) is 0 Å². The van der Waals surface area contributed by atoms with E-state index in [0.29, 0.717) is 22.7 Å². The van der Waals surface area contributed by atoms with Gasteiger partial charge < -0.3 is 5.11 Å². The van der Waals surface area contributed by atoms with Gasteiger partial charge in [0.25, 0.3) is 5.69 Å². The number of rotatable bonds is 4. The highest BCUT2D eigenvalue weighted by Crippen LogP contribution is 2.34. The van der Waals surface area contributed by atoms with Gasteiger partial charge in [-0.15, -0.1) is 11.3 Å². The molecule has 0 atom stereocenters. The molecule has 2 aromatic rings. The number of nitro benzene ring substituents is 1. The van der Waals surface area contributed by atoms with Crippen molar-refractivity contribution in [1.82, 2.24) is 4.98 Å². The number of aromatic nitrogens is 1. The van der Waals surface area contributed by atoms with Crippen molar-refractivity contribution >= 4 is 23.0 Å². The molecule has 0 amide bonds. The summed E-state index contributed by atoms with van der Waals surface area (Å²) in [5.74, 6) is -1.06. The third-order valence-corrected chi connectivity index (χ3v) is 3.68. The quantitative estimate of drug-likeness (QED) is 0.685. The van der Waals surface area contributed by atoms with Crippen LogP contribution in [0.4, 0.5) is 5.69 Å². The molecule has 0 aliphatic carbocycles. The van der Waals surface area contributed by atoms with Crippen LogP contribution in [0, 0.1) is 10.1 Å². The van der Waals surface area contributed by atoms with Crippen molar-refractivity contribution in [2.45, 2.75) is 13.3 Å². The molecule has 1 heterocycles. The fourth-order valence-electron chi connectivity index (χ4n) is 1.69. The van der Waals surface area contributed by atoms with Crippen LogP contribution in [-0.4, -0.2) is 21.0 Å². The number of benzene rings is 1. The lowest BCUT2D eigenvalue weighted by Gasteiger charge is -1.97. The largest absolute Gasteiger partial charge is 0.477 e. The van der Waals surface area contributed by atoms with E-state index < -0.39 is 10.9 Å². The minimum atomic E-state index is -1.06. The van der Waals surface area contributed by atoms with Crippen LogP contribution in [0.25, 0.3) is 10.6 Å². The van der Waals surface area contributed by atoms with Gasteiger partial charge in [0.2, 0.25) is 0 Å². The Kier molecular flexibility index (Phi) is 3.57. The summed E-state index contributed by atoms with van der Waals surface area (Å²) in [6.45, 7) is 1.80. The van der Waals surface area contributed by atoms with Gasteiger partial charge in [-0.2, -0.15) is 0 Å². The van der Waals surface area contributed by atoms with Gasteiger partial charge in [-0.3, -0.25) is 10.1 Å². The van der Waals surface area contributed by atoms with Crippen LogP contribution >= 0.6 is 11.3 Å². The van der Waals surface area contributed by atoms with Gasteiger partial charge in [0, 0.05) is 6.07 Å². The molecule has 2 rings (SSSR count). The summed E-state index contributed by atoms with van der Waals surface area (Å²) in [6, 6.07) is 6.18. The molecule has 1 aromatic carbocycles. The Morgan fingerprint density at radius 2 is 2.16 bits per heavy atom. The lowest BCUT2D eigenvalue weighted by molar-refractivity contribution is -0.384. The SMILES string of the molecule is CCc1nc(-c2ccccc2[N+](=O)[O-])sc1C(=O)O. The Bertz CT molecular complexity index is 651. The Morgan fingerprint density at radius 1 is 1.47 bits per heavy atom. The van der Waals surface area contributed by atoms with E-state index in [9.17, 15) is 14.9 Å². The molecular formula is C12H10N2O4S. The highest BCUT2D eigenvalue weighted by Gasteiger charge is 2.21. The maximum atomic E-state index is 11.1. The maximum absolute atomic E-state index is 11.1. The van der Waals surface area contributed by atoms with Crippen molar-refractivity contribution in [3.63, 3.8) is 0 Å². The molecule has 7 heteroatoms. The van der Waals surface area contributed by atoms with E-state index in [1.165, 1.54) is 6.07 Å². The smallest absolute Gasteiger partial charge is 0.347 e. The Morgan fingerprint density at radius 3 is 2.68 bits per heavy atom. The molecule has 0 fully saturated rings. The summed E-state index contributed by atoms with van der Waals surface area (Å²) in [7, 11) is 0. The first kappa shape index (κ1) is 13.2. The normalized spacial score (nSPS) is 10.4. The number of para-hydroxylation sites is 1. The summed E-state index contributed by atoms with van der Waals surface area (Å²) in [4.78, 5) is 25.9. The fraction of sp³-hybridized carbons (Fsp3) is 0.167. The van der Waals surface area contributed by atoms with Crippen molar-refractivity contribution in [2.24, 2.45) is 0 Å². The monoisotopic (exact) mass is 278 g/mol. The molecule has 0 bridgehead atoms. The summed E-state index contributed by atoms with van der Waals surface area (Å²) >= 11 is 0.962. The third-order valence-electron chi connectivity index (χ3n) is 2.56. The number of aryl methyl sites for hydroxylation is 1. The summed E-state index contributed by atoms with van der Waals surface area (Å²) in [5.41, 5.74) is 0.723. The Hall–Kier alpha value is -2.28. The number of carboxylic acids is 1. The summed E-state index contributed by atoms with van der Waals surface area (Å²) in [6.07, 6.45) is 0.471. The number of nitrogens with zero attached hydrogens (tertiary/aromatic N) is 2. The van der Waals surface area contributed by atoms with Crippen LogP contribution in [0.2, 0.25) is 0 Å². The van der Waals surface area contributed by atoms with E-state index in [1.807, 2.05) is 0 Å². The van der Waals surface area contributed by atoms with Crippen molar-refractivity contribution < 1.29 is 14.8 Å². The lowest BCUT2D eigenvalue weighted by atomic mass is 10.2. The molecule has 0 aliphatic heterocycles. The minimum Gasteiger partial charge on any atom is -0.477 e. The molecule has 1 N–H and O–H groups in total. The molecule has 1 aromatic heterocycles. The van der Waals surface area contributed by atoms with Gasteiger partial charge in [0.05, 0.1) is 16.2 Å². The predicted molar refractivity (Wildman–Crippen MR) is 70.5 cm³/mol. The molecule has 0 radical (unpaired) electrons. The lowest BCUT2D eigenvalue weighted by Crippen LogP contribution is -1.97. The Labute approximate surface area is 112 Å². The van der Waals surface area contributed by atoms with Crippen LogP contribution < -0.4 is 0 Å². The first-order valence-electron chi connectivity index (χ1n) is 5.51. The van der Waals surface area contributed by atoms with E-state index in [4.69, 9.17) is 5.11 Å². The van der Waals surface area contributed by atoms with Crippen LogP contribution in [0.15, 0.2) is 24.3 Å². The van der Waals surface area contributed by atoms with Crippen molar-refractivity contribution in [1.29, 1.82) is 0 Å². The molecule has 0 saturated carbocycles. The zero-order valence-electron chi connectivity index (χ0n) is 9.99. The molecule has 98 valence electrons. The second kappa shape index (κ2) is 5.15. The van der Waals surface area contributed by atoms with Gasteiger partial charge in [0.15, 0.2) is 0 Å². The molecule has 0 aliphatic rings. The summed E-state index contributed by atoms with van der Waals surface area (Å²) < 4.78 is 0. The van der Waals surface area contributed by atoms with Gasteiger partial charge in [-0.1, -0.05) is 19.1 Å². The van der Waals surface area contributed by atoms with E-state index in [0.717, 1.165) is 11.3 Å². The van der Waals surface area contributed by atoms with E-state index in [1.54, 1.807) is 25.1 Å². The van der Waals surface area contributed by atoms with Crippen LogP contribution in [0.1, 0.15) is 22.3 Å². The zero-order chi connectivity index (χ0) is 14.0. The number of hydrogen-bond donors (Lipinski definition) is 1. The number of carbonyl (C=O) groups is 1. The molecule has 0 spiro atoms. The predicted octanol–water partition coefficient (Wildman–Crippen LogP) is 2.98.